The maximum atomic E-state index is 13.2. The van der Waals surface area contributed by atoms with Crippen LogP contribution in [0.4, 0.5) is 18.9 Å². The molecule has 3 aromatic carbocycles. The molecule has 2 aliphatic rings. The highest BCUT2D eigenvalue weighted by atomic mass is 35.5. The molecular formula is C26H24ClF3N3O5S+. The van der Waals surface area contributed by atoms with E-state index in [1.165, 1.54) is 29.2 Å². The summed E-state index contributed by atoms with van der Waals surface area (Å²) in [6.45, 7) is 3.34. The van der Waals surface area contributed by atoms with E-state index in [9.17, 15) is 26.4 Å². The number of quaternary nitrogens is 1. The van der Waals surface area contributed by atoms with Crippen molar-refractivity contribution in [3.63, 3.8) is 0 Å². The van der Waals surface area contributed by atoms with E-state index in [1.807, 2.05) is 18.2 Å². The van der Waals surface area contributed by atoms with Crippen molar-refractivity contribution in [2.24, 2.45) is 0 Å². The standard InChI is InChI=1S/C26H23ClF3N3O5S/c27-21-6-5-19(26(28,29)30)14-22(21)31-39(35,36)20-3-1-2-18(13-20)25(34)33-10-8-32(9-11-33)15-17-4-7-23-24(12-17)38-16-37-23/h1-7,12-14,31H,8-11,15-16H2/p+1. The van der Waals surface area contributed by atoms with Gasteiger partial charge in [-0.25, -0.2) is 8.42 Å². The minimum atomic E-state index is -4.67. The molecule has 0 unspecified atom stereocenters. The van der Waals surface area contributed by atoms with E-state index in [1.54, 1.807) is 4.90 Å². The second-order valence-electron chi connectivity index (χ2n) is 9.23. The minimum Gasteiger partial charge on any atom is -0.454 e. The molecule has 2 aliphatic heterocycles. The quantitative estimate of drug-likeness (QED) is 0.465. The SMILES string of the molecule is O=C(c1cccc(S(=O)(=O)Nc2cc(C(F)(F)F)ccc2Cl)c1)N1CC[NH+](Cc2ccc3c(c2)OCO3)CC1. The normalized spacial score (nSPS) is 15.8. The molecule has 13 heteroatoms. The van der Waals surface area contributed by atoms with Crippen molar-refractivity contribution in [2.75, 3.05) is 37.7 Å². The lowest BCUT2D eigenvalue weighted by Crippen LogP contribution is -3.13. The van der Waals surface area contributed by atoms with Crippen molar-refractivity contribution in [2.45, 2.75) is 17.6 Å². The highest BCUT2D eigenvalue weighted by Gasteiger charge is 2.32. The number of piperazine rings is 1. The molecule has 5 rings (SSSR count). The Morgan fingerprint density at radius 2 is 1.74 bits per heavy atom. The van der Waals surface area contributed by atoms with Gasteiger partial charge in [-0.1, -0.05) is 17.7 Å². The van der Waals surface area contributed by atoms with Gasteiger partial charge in [0.05, 0.1) is 47.3 Å². The van der Waals surface area contributed by atoms with Crippen LogP contribution in [0, 0.1) is 0 Å². The van der Waals surface area contributed by atoms with E-state index < -0.39 is 27.5 Å². The predicted molar refractivity (Wildman–Crippen MR) is 137 cm³/mol. The monoisotopic (exact) mass is 582 g/mol. The number of alkyl halides is 3. The van der Waals surface area contributed by atoms with Crippen molar-refractivity contribution in [1.82, 2.24) is 4.90 Å². The molecule has 0 aromatic heterocycles. The molecule has 1 saturated heterocycles. The van der Waals surface area contributed by atoms with E-state index >= 15 is 0 Å². The molecule has 0 aliphatic carbocycles. The first-order valence-electron chi connectivity index (χ1n) is 12.0. The zero-order valence-electron chi connectivity index (χ0n) is 20.4. The molecule has 39 heavy (non-hydrogen) atoms. The zero-order valence-corrected chi connectivity index (χ0v) is 22.0. The van der Waals surface area contributed by atoms with E-state index in [-0.39, 0.29) is 28.2 Å². The molecule has 206 valence electrons. The van der Waals surface area contributed by atoms with Crippen molar-refractivity contribution in [1.29, 1.82) is 0 Å². The summed E-state index contributed by atoms with van der Waals surface area (Å²) >= 11 is 5.94. The maximum absolute atomic E-state index is 13.2. The Labute approximate surface area is 227 Å². The number of carbonyl (C=O) groups is 1. The molecule has 1 amide bonds. The molecule has 3 aromatic rings. The van der Waals surface area contributed by atoms with Gasteiger partial charge in [0.25, 0.3) is 15.9 Å². The number of rotatable bonds is 6. The summed E-state index contributed by atoms with van der Waals surface area (Å²) in [4.78, 5) is 15.8. The van der Waals surface area contributed by atoms with Crippen molar-refractivity contribution in [3.05, 3.63) is 82.4 Å². The van der Waals surface area contributed by atoms with E-state index in [0.29, 0.717) is 32.2 Å². The van der Waals surface area contributed by atoms with Gasteiger partial charge in [-0.2, -0.15) is 13.2 Å². The predicted octanol–water partition coefficient (Wildman–Crippen LogP) is 3.43. The fourth-order valence-electron chi connectivity index (χ4n) is 4.50. The fourth-order valence-corrected chi connectivity index (χ4v) is 5.84. The Morgan fingerprint density at radius 1 is 1.00 bits per heavy atom. The van der Waals surface area contributed by atoms with Crippen LogP contribution in [0.5, 0.6) is 11.5 Å². The van der Waals surface area contributed by atoms with Gasteiger partial charge in [0.15, 0.2) is 11.5 Å². The van der Waals surface area contributed by atoms with Gasteiger partial charge in [0, 0.05) is 11.1 Å². The summed E-state index contributed by atoms with van der Waals surface area (Å²) in [6.07, 6.45) is -4.67. The van der Waals surface area contributed by atoms with Crippen molar-refractivity contribution >= 4 is 33.2 Å². The number of sulfonamides is 1. The van der Waals surface area contributed by atoms with Gasteiger partial charge >= 0.3 is 6.18 Å². The number of benzene rings is 3. The van der Waals surface area contributed by atoms with Crippen LogP contribution in [-0.4, -0.2) is 52.2 Å². The Balaban J connectivity index is 1.24. The first-order chi connectivity index (χ1) is 18.5. The van der Waals surface area contributed by atoms with Crippen LogP contribution >= 0.6 is 11.6 Å². The molecule has 0 bridgehead atoms. The van der Waals surface area contributed by atoms with Gasteiger partial charge < -0.3 is 19.3 Å². The third kappa shape index (κ3) is 6.07. The Hall–Kier alpha value is -3.48. The van der Waals surface area contributed by atoms with Gasteiger partial charge in [0.2, 0.25) is 6.79 Å². The lowest BCUT2D eigenvalue weighted by Gasteiger charge is -2.32. The first-order valence-corrected chi connectivity index (χ1v) is 13.9. The Morgan fingerprint density at radius 3 is 2.49 bits per heavy atom. The molecule has 1 fully saturated rings. The smallest absolute Gasteiger partial charge is 0.416 e. The lowest BCUT2D eigenvalue weighted by atomic mass is 10.1. The lowest BCUT2D eigenvalue weighted by molar-refractivity contribution is -0.917. The molecule has 2 N–H and O–H groups in total. The Kier molecular flexibility index (Phi) is 7.36. The summed E-state index contributed by atoms with van der Waals surface area (Å²) in [5.74, 6) is 1.12. The number of nitrogens with one attached hydrogen (secondary N) is 2. The van der Waals surface area contributed by atoms with Gasteiger partial charge in [-0.05, 0) is 54.6 Å². The van der Waals surface area contributed by atoms with Crippen molar-refractivity contribution in [3.8, 4) is 11.5 Å². The molecule has 2 heterocycles. The third-order valence-electron chi connectivity index (χ3n) is 6.58. The average molecular weight is 583 g/mol. The number of anilines is 1. The van der Waals surface area contributed by atoms with Crippen molar-refractivity contribution < 1.29 is 40.8 Å². The minimum absolute atomic E-state index is 0.159. The second kappa shape index (κ2) is 10.6. The summed E-state index contributed by atoms with van der Waals surface area (Å²) < 4.78 is 78.0. The summed E-state index contributed by atoms with van der Waals surface area (Å²) in [5, 5.41) is -0.195. The van der Waals surface area contributed by atoms with E-state index in [2.05, 4.69) is 4.72 Å². The fraction of sp³-hybridized carbons (Fsp3) is 0.269. The molecule has 0 atom stereocenters. The molecule has 0 saturated carbocycles. The summed E-state index contributed by atoms with van der Waals surface area (Å²) in [6, 6.07) is 13.6. The van der Waals surface area contributed by atoms with Gasteiger partial charge in [-0.3, -0.25) is 9.52 Å². The number of hydrogen-bond donors (Lipinski definition) is 2. The van der Waals surface area contributed by atoms with Gasteiger partial charge in [0.1, 0.15) is 6.54 Å². The van der Waals surface area contributed by atoms with Crippen LogP contribution in [-0.2, 0) is 22.7 Å². The zero-order chi connectivity index (χ0) is 27.8. The van der Waals surface area contributed by atoms with E-state index in [0.717, 1.165) is 35.7 Å². The van der Waals surface area contributed by atoms with Crippen LogP contribution in [0.25, 0.3) is 0 Å². The van der Waals surface area contributed by atoms with Gasteiger partial charge in [-0.15, -0.1) is 0 Å². The van der Waals surface area contributed by atoms with E-state index in [4.69, 9.17) is 21.1 Å². The third-order valence-corrected chi connectivity index (χ3v) is 8.27. The van der Waals surface area contributed by atoms with Crippen LogP contribution in [0.2, 0.25) is 5.02 Å². The Bertz CT molecular complexity index is 1510. The van der Waals surface area contributed by atoms with Crippen LogP contribution < -0.4 is 19.1 Å². The molecular weight excluding hydrogens is 559 g/mol. The first kappa shape index (κ1) is 27.1. The number of halogens is 4. The topological polar surface area (TPSA) is 89.4 Å². The number of nitrogens with zero attached hydrogens (tertiary/aromatic N) is 1. The maximum Gasteiger partial charge on any atom is 0.416 e. The van der Waals surface area contributed by atoms with Crippen LogP contribution in [0.15, 0.2) is 65.6 Å². The number of ether oxygens (including phenoxy) is 2. The number of hydrogen-bond acceptors (Lipinski definition) is 5. The highest BCUT2D eigenvalue weighted by molar-refractivity contribution is 7.92. The number of carbonyl (C=O) groups excluding carboxylic acids is 1. The second-order valence-corrected chi connectivity index (χ2v) is 11.3. The van der Waals surface area contributed by atoms with Crippen LogP contribution in [0.3, 0.4) is 0 Å². The highest BCUT2D eigenvalue weighted by Crippen LogP contribution is 2.35. The summed E-state index contributed by atoms with van der Waals surface area (Å²) in [7, 11) is -4.33. The van der Waals surface area contributed by atoms with Crippen LogP contribution in [0.1, 0.15) is 21.5 Å². The number of fused-ring (bicyclic) bond motifs is 1. The molecule has 0 radical (unpaired) electrons. The largest absolute Gasteiger partial charge is 0.454 e. The molecule has 0 spiro atoms. The summed E-state index contributed by atoms with van der Waals surface area (Å²) in [5.41, 5.74) is -0.203. The number of amides is 1. The average Bonchev–Trinajstić information content (AvgIpc) is 3.37. The molecule has 8 nitrogen and oxygen atoms in total.